The molecule has 1 aromatic carbocycles. The number of anilines is 1. The van der Waals surface area contributed by atoms with E-state index in [4.69, 9.17) is 0 Å². The van der Waals surface area contributed by atoms with Gasteiger partial charge in [-0.2, -0.15) is 0 Å². The molecule has 0 bridgehead atoms. The number of aromatic amines is 1. The molecule has 1 aliphatic carbocycles. The first kappa shape index (κ1) is 19.0. The van der Waals surface area contributed by atoms with Crippen molar-refractivity contribution in [2.75, 3.05) is 5.32 Å². The average Bonchev–Trinajstić information content (AvgIpc) is 3.11. The Morgan fingerprint density at radius 3 is 3.00 bits per heavy atom. The zero-order valence-corrected chi connectivity index (χ0v) is 17.2. The van der Waals surface area contributed by atoms with Crippen molar-refractivity contribution in [1.82, 2.24) is 19.5 Å². The average molecular weight is 442 g/mol. The number of hydrogen-bond donors (Lipinski definition) is 2. The third kappa shape index (κ3) is 3.88. The molecule has 3 heterocycles. The number of thiazole rings is 1. The molecule has 0 aliphatic heterocycles. The van der Waals surface area contributed by atoms with Gasteiger partial charge in [-0.3, -0.25) is 14.9 Å². The summed E-state index contributed by atoms with van der Waals surface area (Å²) in [7, 11) is 0. The van der Waals surface area contributed by atoms with Crippen LogP contribution in [0.4, 0.5) is 9.52 Å². The van der Waals surface area contributed by atoms with Crippen LogP contribution in [0.3, 0.4) is 0 Å². The molecule has 3 aromatic heterocycles. The van der Waals surface area contributed by atoms with Crippen molar-refractivity contribution in [2.45, 2.75) is 28.8 Å². The molecule has 152 valence electrons. The number of benzene rings is 1. The number of aldehydes is 1. The Labute approximate surface area is 178 Å². The molecule has 1 amide bonds. The Hall–Kier alpha value is -2.98. The third-order valence-corrected chi connectivity index (χ3v) is 6.76. The molecule has 1 aliphatic rings. The highest BCUT2D eigenvalue weighted by Gasteiger charge is 2.24. The van der Waals surface area contributed by atoms with Crippen LogP contribution < -0.4 is 5.32 Å². The summed E-state index contributed by atoms with van der Waals surface area (Å²) in [6.45, 7) is 0.789. The predicted octanol–water partition coefficient (Wildman–Crippen LogP) is 4.59. The van der Waals surface area contributed by atoms with Crippen molar-refractivity contribution < 1.29 is 14.0 Å². The predicted molar refractivity (Wildman–Crippen MR) is 113 cm³/mol. The second-order valence-corrected chi connectivity index (χ2v) is 9.42. The number of H-pyrrole nitrogens is 1. The number of nitrogens with one attached hydrogen (secondary N) is 2. The molecule has 4 aromatic rings. The SMILES string of the molecule is O=Cc1cnc(Sc2cnc(NC(=O)c3cn(CC4CC4)c4cc(F)ccc34)s2)[nH]1. The molecule has 0 saturated heterocycles. The number of carbonyl (C=O) groups is 2. The summed E-state index contributed by atoms with van der Waals surface area (Å²) in [6.07, 6.45) is 7.92. The summed E-state index contributed by atoms with van der Waals surface area (Å²) in [5.41, 5.74) is 1.62. The van der Waals surface area contributed by atoms with Gasteiger partial charge < -0.3 is 9.55 Å². The smallest absolute Gasteiger partial charge is 0.259 e. The van der Waals surface area contributed by atoms with Gasteiger partial charge in [-0.05, 0) is 48.7 Å². The van der Waals surface area contributed by atoms with Gasteiger partial charge in [0.05, 0.1) is 33.4 Å². The van der Waals surface area contributed by atoms with Crippen molar-refractivity contribution in [3.05, 3.63) is 53.9 Å². The lowest BCUT2D eigenvalue weighted by molar-refractivity contribution is 0.102. The fourth-order valence-corrected chi connectivity index (χ4v) is 4.98. The van der Waals surface area contributed by atoms with Gasteiger partial charge in [-0.15, -0.1) is 0 Å². The summed E-state index contributed by atoms with van der Waals surface area (Å²) >= 11 is 2.63. The highest BCUT2D eigenvalue weighted by Crippen LogP contribution is 2.34. The number of carbonyl (C=O) groups excluding carboxylic acids is 2. The van der Waals surface area contributed by atoms with E-state index in [0.717, 1.165) is 21.7 Å². The normalized spacial score (nSPS) is 13.6. The minimum absolute atomic E-state index is 0.284. The highest BCUT2D eigenvalue weighted by atomic mass is 32.2. The molecule has 10 heteroatoms. The maximum Gasteiger partial charge on any atom is 0.259 e. The van der Waals surface area contributed by atoms with E-state index < -0.39 is 0 Å². The van der Waals surface area contributed by atoms with Gasteiger partial charge in [0.1, 0.15) is 5.82 Å². The maximum absolute atomic E-state index is 13.8. The van der Waals surface area contributed by atoms with Crippen molar-refractivity contribution in [2.24, 2.45) is 5.92 Å². The lowest BCUT2D eigenvalue weighted by Gasteiger charge is -2.02. The van der Waals surface area contributed by atoms with Crippen LogP contribution in [-0.4, -0.2) is 31.7 Å². The van der Waals surface area contributed by atoms with Gasteiger partial charge in [-0.25, -0.2) is 14.4 Å². The number of fused-ring (bicyclic) bond motifs is 1. The summed E-state index contributed by atoms with van der Waals surface area (Å²) < 4.78 is 16.6. The number of halogens is 1. The van der Waals surface area contributed by atoms with E-state index in [0.29, 0.717) is 33.7 Å². The zero-order valence-electron chi connectivity index (χ0n) is 15.6. The Balaban J connectivity index is 1.36. The molecule has 0 unspecified atom stereocenters. The van der Waals surface area contributed by atoms with E-state index in [-0.39, 0.29) is 11.7 Å². The lowest BCUT2D eigenvalue weighted by atomic mass is 10.1. The summed E-state index contributed by atoms with van der Waals surface area (Å²) in [4.78, 5) is 34.9. The van der Waals surface area contributed by atoms with Crippen molar-refractivity contribution in [3.8, 4) is 0 Å². The standard InChI is InChI=1S/C20H16FN5O2S2/c21-12-3-4-14-15(9-26(16(14)5-12)8-11-1-2-11)18(28)25-20-23-7-17(30-20)29-19-22-6-13(10-27)24-19/h3-7,9-11H,1-2,8H2,(H,22,24)(H,23,25,28). The van der Waals surface area contributed by atoms with Crippen LogP contribution in [-0.2, 0) is 6.54 Å². The van der Waals surface area contributed by atoms with Crippen LogP contribution in [0.25, 0.3) is 10.9 Å². The summed E-state index contributed by atoms with van der Waals surface area (Å²) in [6, 6.07) is 4.49. The van der Waals surface area contributed by atoms with Crippen LogP contribution in [0.15, 0.2) is 46.2 Å². The number of hydrogen-bond acceptors (Lipinski definition) is 6. The minimum atomic E-state index is -0.318. The molecule has 30 heavy (non-hydrogen) atoms. The molecular weight excluding hydrogens is 425 g/mol. The molecule has 1 saturated carbocycles. The first-order valence-electron chi connectivity index (χ1n) is 9.32. The Bertz CT molecular complexity index is 1260. The minimum Gasteiger partial charge on any atom is -0.346 e. The monoisotopic (exact) mass is 441 g/mol. The fourth-order valence-electron chi connectivity index (χ4n) is 3.23. The topological polar surface area (TPSA) is 92.7 Å². The second-order valence-electron chi connectivity index (χ2n) is 7.10. The molecule has 0 atom stereocenters. The maximum atomic E-state index is 13.8. The third-order valence-electron chi connectivity index (χ3n) is 4.84. The van der Waals surface area contributed by atoms with E-state index in [1.54, 1.807) is 18.5 Å². The molecule has 0 radical (unpaired) electrons. The Morgan fingerprint density at radius 2 is 2.23 bits per heavy atom. The van der Waals surface area contributed by atoms with Gasteiger partial charge >= 0.3 is 0 Å². The summed E-state index contributed by atoms with van der Waals surface area (Å²) in [5, 5.41) is 4.58. The van der Waals surface area contributed by atoms with Crippen LogP contribution in [0.5, 0.6) is 0 Å². The fraction of sp³-hybridized carbons (Fsp3) is 0.200. The van der Waals surface area contributed by atoms with Gasteiger partial charge in [0.25, 0.3) is 5.91 Å². The van der Waals surface area contributed by atoms with E-state index in [1.165, 1.54) is 54.3 Å². The quantitative estimate of drug-likeness (QED) is 0.409. The van der Waals surface area contributed by atoms with Crippen LogP contribution in [0.1, 0.15) is 33.7 Å². The highest BCUT2D eigenvalue weighted by molar-refractivity contribution is 8.01. The van der Waals surface area contributed by atoms with Crippen molar-refractivity contribution in [3.63, 3.8) is 0 Å². The second kappa shape index (κ2) is 7.69. The van der Waals surface area contributed by atoms with E-state index in [9.17, 15) is 14.0 Å². The lowest BCUT2D eigenvalue weighted by Crippen LogP contribution is -2.11. The van der Waals surface area contributed by atoms with Gasteiger partial charge in [0.2, 0.25) is 0 Å². The molecule has 1 fully saturated rings. The largest absolute Gasteiger partial charge is 0.346 e. The van der Waals surface area contributed by atoms with Gasteiger partial charge in [0.15, 0.2) is 16.6 Å². The number of imidazole rings is 1. The van der Waals surface area contributed by atoms with Gasteiger partial charge in [0, 0.05) is 18.1 Å². The van der Waals surface area contributed by atoms with Crippen molar-refractivity contribution in [1.29, 1.82) is 0 Å². The van der Waals surface area contributed by atoms with E-state index in [1.807, 2.05) is 4.57 Å². The number of aromatic nitrogens is 4. The Morgan fingerprint density at radius 1 is 1.37 bits per heavy atom. The number of rotatable bonds is 7. The molecule has 0 spiro atoms. The number of amides is 1. The van der Waals surface area contributed by atoms with Crippen LogP contribution >= 0.6 is 23.1 Å². The molecule has 2 N–H and O–H groups in total. The molecule has 7 nitrogen and oxygen atoms in total. The Kier molecular flexibility index (Phi) is 4.87. The first-order chi connectivity index (χ1) is 14.6. The van der Waals surface area contributed by atoms with Crippen LogP contribution in [0, 0.1) is 11.7 Å². The van der Waals surface area contributed by atoms with Crippen molar-refractivity contribution >= 4 is 51.3 Å². The number of nitrogens with zero attached hydrogens (tertiary/aromatic N) is 3. The molecular formula is C20H16FN5O2S2. The van der Waals surface area contributed by atoms with Gasteiger partial charge in [-0.1, -0.05) is 11.3 Å². The first-order valence-corrected chi connectivity index (χ1v) is 11.0. The van der Waals surface area contributed by atoms with E-state index in [2.05, 4.69) is 20.3 Å². The zero-order chi connectivity index (χ0) is 20.7. The van der Waals surface area contributed by atoms with E-state index >= 15 is 0 Å². The summed E-state index contributed by atoms with van der Waals surface area (Å²) in [5.74, 6) is -0.00481. The van der Waals surface area contributed by atoms with Crippen LogP contribution in [0.2, 0.25) is 0 Å². The molecule has 5 rings (SSSR count).